The minimum atomic E-state index is -0.293. The average Bonchev–Trinajstić information content (AvgIpc) is 2.28. The third-order valence-electron chi connectivity index (χ3n) is 2.27. The van der Waals surface area contributed by atoms with Gasteiger partial charge in [0.1, 0.15) is 5.02 Å². The van der Waals surface area contributed by atoms with Crippen molar-refractivity contribution in [1.29, 1.82) is 0 Å². The second kappa shape index (κ2) is 6.91. The van der Waals surface area contributed by atoms with Gasteiger partial charge in [-0.2, -0.15) is 0 Å². The molecular weight excluding hydrogens is 293 g/mol. The van der Waals surface area contributed by atoms with Crippen molar-refractivity contribution in [2.24, 2.45) is 0 Å². The zero-order valence-corrected chi connectivity index (χ0v) is 11.5. The number of nitrogens with one attached hydrogen (secondary N) is 1. The highest BCUT2D eigenvalue weighted by Gasteiger charge is 2.09. The predicted molar refractivity (Wildman–Crippen MR) is 70.8 cm³/mol. The first-order valence-corrected chi connectivity index (χ1v) is 6.67. The first kappa shape index (κ1) is 13.5. The van der Waals surface area contributed by atoms with E-state index in [2.05, 4.69) is 25.9 Å². The Morgan fingerprint density at radius 2 is 2.25 bits per heavy atom. The fourth-order valence-electron chi connectivity index (χ4n) is 1.37. The van der Waals surface area contributed by atoms with Gasteiger partial charge in [0.15, 0.2) is 5.82 Å². The summed E-state index contributed by atoms with van der Waals surface area (Å²) in [6.07, 6.45) is 4.74. The Bertz CT molecular complexity index is 383. The van der Waals surface area contributed by atoms with E-state index in [1.165, 1.54) is 6.33 Å². The van der Waals surface area contributed by atoms with Crippen molar-refractivity contribution in [2.75, 3.05) is 23.8 Å². The van der Waals surface area contributed by atoms with Crippen LogP contribution in [0.5, 0.6) is 0 Å². The molecule has 0 aromatic carbocycles. The molecule has 0 atom stereocenters. The molecule has 0 aliphatic carbocycles. The number of aromatic nitrogens is 2. The molecule has 0 bridgehead atoms. The quantitative estimate of drug-likeness (QED) is 0.648. The normalized spacial score (nSPS) is 10.4. The summed E-state index contributed by atoms with van der Waals surface area (Å²) in [5.41, 5.74) is -0.293. The van der Waals surface area contributed by atoms with Gasteiger partial charge in [-0.05, 0) is 12.8 Å². The second-order valence-corrected chi connectivity index (χ2v) is 4.71. The van der Waals surface area contributed by atoms with Crippen LogP contribution in [-0.2, 0) is 0 Å². The van der Waals surface area contributed by atoms with Crippen molar-refractivity contribution in [2.45, 2.75) is 19.3 Å². The Morgan fingerprint density at radius 1 is 1.50 bits per heavy atom. The van der Waals surface area contributed by atoms with E-state index >= 15 is 0 Å². The molecular formula is C10H15BrClN3O. The number of anilines is 1. The van der Waals surface area contributed by atoms with Gasteiger partial charge in [0, 0.05) is 18.9 Å². The van der Waals surface area contributed by atoms with E-state index in [1.807, 2.05) is 11.9 Å². The zero-order valence-electron chi connectivity index (χ0n) is 9.17. The monoisotopic (exact) mass is 307 g/mol. The van der Waals surface area contributed by atoms with E-state index < -0.39 is 0 Å². The van der Waals surface area contributed by atoms with Gasteiger partial charge in [-0.15, -0.1) is 0 Å². The summed E-state index contributed by atoms with van der Waals surface area (Å²) in [5, 5.41) is 1.19. The maximum Gasteiger partial charge on any atom is 0.271 e. The number of aromatic amines is 1. The molecule has 1 N–H and O–H groups in total. The van der Waals surface area contributed by atoms with Crippen LogP contribution in [0, 0.1) is 0 Å². The topological polar surface area (TPSA) is 49.0 Å². The van der Waals surface area contributed by atoms with Gasteiger partial charge in [-0.1, -0.05) is 34.0 Å². The molecule has 4 nitrogen and oxygen atoms in total. The Morgan fingerprint density at radius 3 is 2.94 bits per heavy atom. The minimum Gasteiger partial charge on any atom is -0.358 e. The molecule has 1 heterocycles. The van der Waals surface area contributed by atoms with E-state index in [0.717, 1.165) is 31.1 Å². The largest absolute Gasteiger partial charge is 0.358 e. The van der Waals surface area contributed by atoms with E-state index in [0.29, 0.717) is 5.82 Å². The Kier molecular flexibility index (Phi) is 5.84. The first-order chi connectivity index (χ1) is 7.66. The molecule has 0 unspecified atom stereocenters. The summed E-state index contributed by atoms with van der Waals surface area (Å²) >= 11 is 9.26. The number of H-pyrrole nitrogens is 1. The maximum atomic E-state index is 11.3. The molecule has 1 rings (SSSR count). The van der Waals surface area contributed by atoms with Crippen molar-refractivity contribution in [3.05, 3.63) is 21.7 Å². The highest BCUT2D eigenvalue weighted by atomic mass is 79.9. The standard InChI is InChI=1S/C10H15BrClN3O/c1-15(6-4-2-3-5-11)9-8(12)10(16)14-7-13-9/h7H,2-6H2,1H3,(H,13,14,16). The van der Waals surface area contributed by atoms with Crippen LogP contribution < -0.4 is 10.5 Å². The third-order valence-corrected chi connectivity index (χ3v) is 3.17. The van der Waals surface area contributed by atoms with E-state index in [4.69, 9.17) is 11.6 Å². The van der Waals surface area contributed by atoms with Crippen molar-refractivity contribution in [3.63, 3.8) is 0 Å². The number of nitrogens with zero attached hydrogens (tertiary/aromatic N) is 2. The van der Waals surface area contributed by atoms with Crippen molar-refractivity contribution in [1.82, 2.24) is 9.97 Å². The predicted octanol–water partition coefficient (Wildman–Crippen LogP) is 2.42. The Balaban J connectivity index is 2.56. The highest BCUT2D eigenvalue weighted by molar-refractivity contribution is 9.09. The number of hydrogen-bond acceptors (Lipinski definition) is 3. The maximum absolute atomic E-state index is 11.3. The SMILES string of the molecule is CN(CCCCCBr)c1nc[nH]c(=O)c1Cl. The third kappa shape index (κ3) is 3.79. The molecule has 0 aliphatic rings. The lowest BCUT2D eigenvalue weighted by Gasteiger charge is -2.18. The van der Waals surface area contributed by atoms with Crippen LogP contribution in [0.4, 0.5) is 5.82 Å². The van der Waals surface area contributed by atoms with Crippen LogP contribution in [0.25, 0.3) is 0 Å². The number of rotatable bonds is 6. The molecule has 0 aliphatic heterocycles. The van der Waals surface area contributed by atoms with Crippen LogP contribution >= 0.6 is 27.5 Å². The van der Waals surface area contributed by atoms with Crippen LogP contribution in [0.15, 0.2) is 11.1 Å². The van der Waals surface area contributed by atoms with Gasteiger partial charge < -0.3 is 9.88 Å². The van der Waals surface area contributed by atoms with Crippen LogP contribution in [0.3, 0.4) is 0 Å². The lowest BCUT2D eigenvalue weighted by molar-refractivity contribution is 0.706. The van der Waals surface area contributed by atoms with Crippen LogP contribution in [0.2, 0.25) is 5.02 Å². The van der Waals surface area contributed by atoms with E-state index in [9.17, 15) is 4.79 Å². The molecule has 0 saturated carbocycles. The van der Waals surface area contributed by atoms with E-state index in [1.54, 1.807) is 0 Å². The molecule has 0 spiro atoms. The van der Waals surface area contributed by atoms with Gasteiger partial charge in [0.2, 0.25) is 0 Å². The fourth-order valence-corrected chi connectivity index (χ4v) is 2.01. The molecule has 1 aromatic rings. The minimum absolute atomic E-state index is 0.158. The smallest absolute Gasteiger partial charge is 0.271 e. The molecule has 0 radical (unpaired) electrons. The molecule has 1 aromatic heterocycles. The summed E-state index contributed by atoms with van der Waals surface area (Å²) in [6, 6.07) is 0. The van der Waals surface area contributed by atoms with Crippen molar-refractivity contribution in [3.8, 4) is 0 Å². The van der Waals surface area contributed by atoms with Crippen molar-refractivity contribution >= 4 is 33.3 Å². The summed E-state index contributed by atoms with van der Waals surface area (Å²) in [5.74, 6) is 0.546. The van der Waals surface area contributed by atoms with Crippen molar-refractivity contribution < 1.29 is 0 Å². The molecule has 0 amide bonds. The summed E-state index contributed by atoms with van der Waals surface area (Å²) in [7, 11) is 1.89. The first-order valence-electron chi connectivity index (χ1n) is 5.17. The number of halogens is 2. The Hall–Kier alpha value is -0.550. The molecule has 16 heavy (non-hydrogen) atoms. The van der Waals surface area contributed by atoms with Gasteiger partial charge >= 0.3 is 0 Å². The zero-order chi connectivity index (χ0) is 12.0. The molecule has 0 fully saturated rings. The van der Waals surface area contributed by atoms with Gasteiger partial charge in [0.05, 0.1) is 6.33 Å². The fraction of sp³-hybridized carbons (Fsp3) is 0.600. The number of alkyl halides is 1. The molecule has 6 heteroatoms. The molecule has 90 valence electrons. The van der Waals surface area contributed by atoms with Gasteiger partial charge in [-0.25, -0.2) is 4.98 Å². The van der Waals surface area contributed by atoms with Gasteiger partial charge in [0.25, 0.3) is 5.56 Å². The lowest BCUT2D eigenvalue weighted by Crippen LogP contribution is -2.23. The average molecular weight is 309 g/mol. The Labute approximate surface area is 108 Å². The highest BCUT2D eigenvalue weighted by Crippen LogP contribution is 2.17. The lowest BCUT2D eigenvalue weighted by atomic mass is 10.2. The van der Waals surface area contributed by atoms with Crippen LogP contribution in [-0.4, -0.2) is 28.9 Å². The van der Waals surface area contributed by atoms with Gasteiger partial charge in [-0.3, -0.25) is 4.79 Å². The summed E-state index contributed by atoms with van der Waals surface area (Å²) in [4.78, 5) is 19.7. The second-order valence-electron chi connectivity index (χ2n) is 3.54. The van der Waals surface area contributed by atoms with E-state index in [-0.39, 0.29) is 10.6 Å². The summed E-state index contributed by atoms with van der Waals surface area (Å²) < 4.78 is 0. The number of hydrogen-bond donors (Lipinski definition) is 1. The number of unbranched alkanes of at least 4 members (excludes halogenated alkanes) is 2. The van der Waals surface area contributed by atoms with Crippen LogP contribution in [0.1, 0.15) is 19.3 Å². The summed E-state index contributed by atoms with van der Waals surface area (Å²) in [6.45, 7) is 0.850. The molecule has 0 saturated heterocycles.